The lowest BCUT2D eigenvalue weighted by atomic mass is 9.67. The lowest BCUT2D eigenvalue weighted by molar-refractivity contribution is -0.152. The van der Waals surface area contributed by atoms with Gasteiger partial charge in [0, 0.05) is 18.5 Å². The summed E-state index contributed by atoms with van der Waals surface area (Å²) < 4.78 is 44.7. The van der Waals surface area contributed by atoms with E-state index in [2.05, 4.69) is 0 Å². The number of rotatable bonds is 5. The van der Waals surface area contributed by atoms with Gasteiger partial charge in [0.2, 0.25) is 5.91 Å². The van der Waals surface area contributed by atoms with Gasteiger partial charge in [-0.25, -0.2) is 0 Å². The molecule has 156 valence electrons. The van der Waals surface area contributed by atoms with Crippen LogP contribution in [0.15, 0.2) is 18.2 Å². The number of benzene rings is 1. The summed E-state index contributed by atoms with van der Waals surface area (Å²) in [5.41, 5.74) is 0.109. The number of likely N-dealkylation sites (tertiary alicyclic amines) is 1. The highest BCUT2D eigenvalue weighted by Crippen LogP contribution is 2.45. The Hall–Kier alpha value is -1.76. The second kappa shape index (κ2) is 7.93. The average Bonchev–Trinajstić information content (AvgIpc) is 2.62. The molecular weight excluding hydrogens is 371 g/mol. The minimum atomic E-state index is -4.38. The number of hydrogen-bond donors (Lipinski definition) is 1. The largest absolute Gasteiger partial charge is 0.490 e. The van der Waals surface area contributed by atoms with Crippen molar-refractivity contribution in [2.45, 2.75) is 58.2 Å². The zero-order chi connectivity index (χ0) is 20.5. The van der Waals surface area contributed by atoms with Crippen molar-refractivity contribution in [3.05, 3.63) is 29.3 Å². The lowest BCUT2D eigenvalue weighted by Gasteiger charge is -2.54. The molecule has 1 N–H and O–H groups in total. The van der Waals surface area contributed by atoms with E-state index in [0.717, 1.165) is 37.8 Å². The lowest BCUT2D eigenvalue weighted by Crippen LogP contribution is -2.61. The van der Waals surface area contributed by atoms with Gasteiger partial charge in [0.25, 0.3) is 0 Å². The standard InChI is InChI=1S/C21H28F3NO3/c1-3-15(11-26)19(27)25-12-20(13-25)8-6-17(7-9-20)28-18-10-16(21(22,23)24)5-4-14(18)2/h4-5,10,15,17,26H,3,6-9,11-13H2,1-2H3/t15-/m1/s1. The summed E-state index contributed by atoms with van der Waals surface area (Å²) in [6, 6.07) is 3.61. The third-order valence-electron chi connectivity index (χ3n) is 6.23. The van der Waals surface area contributed by atoms with Crippen LogP contribution in [0.4, 0.5) is 13.2 Å². The first-order chi connectivity index (χ1) is 13.2. The smallest absolute Gasteiger partial charge is 0.416 e. The van der Waals surface area contributed by atoms with Crippen LogP contribution in [0, 0.1) is 18.3 Å². The van der Waals surface area contributed by atoms with E-state index in [4.69, 9.17) is 4.74 Å². The maximum atomic E-state index is 12.9. The normalized spacial score (nSPS) is 20.7. The molecule has 1 saturated carbocycles. The molecule has 1 saturated heterocycles. The highest BCUT2D eigenvalue weighted by molar-refractivity contribution is 5.80. The Labute approximate surface area is 163 Å². The third kappa shape index (κ3) is 4.29. The molecule has 2 aliphatic rings. The van der Waals surface area contributed by atoms with E-state index in [0.29, 0.717) is 30.8 Å². The Morgan fingerprint density at radius 2 is 1.96 bits per heavy atom. The van der Waals surface area contributed by atoms with Gasteiger partial charge in [0.1, 0.15) is 5.75 Å². The number of ether oxygens (including phenoxy) is 1. The molecule has 1 aliphatic carbocycles. The molecule has 1 spiro atoms. The number of carbonyl (C=O) groups is 1. The molecule has 7 heteroatoms. The molecule has 1 aromatic carbocycles. The van der Waals surface area contributed by atoms with Gasteiger partial charge in [-0.1, -0.05) is 13.0 Å². The molecule has 1 heterocycles. The van der Waals surface area contributed by atoms with Crippen LogP contribution in [0.3, 0.4) is 0 Å². The van der Waals surface area contributed by atoms with Crippen LogP contribution in [0.25, 0.3) is 0 Å². The summed E-state index contributed by atoms with van der Waals surface area (Å²) in [6.45, 7) is 4.94. The second-order valence-electron chi connectivity index (χ2n) is 8.28. The maximum absolute atomic E-state index is 12.9. The van der Waals surface area contributed by atoms with E-state index in [1.807, 2.05) is 11.8 Å². The van der Waals surface area contributed by atoms with Gasteiger partial charge < -0.3 is 14.7 Å². The van der Waals surface area contributed by atoms with Crippen LogP contribution in [-0.2, 0) is 11.0 Å². The highest BCUT2D eigenvalue weighted by Gasteiger charge is 2.48. The van der Waals surface area contributed by atoms with Crippen molar-refractivity contribution in [2.24, 2.45) is 11.3 Å². The van der Waals surface area contributed by atoms with Gasteiger partial charge in [0.15, 0.2) is 0 Å². The Morgan fingerprint density at radius 3 is 2.50 bits per heavy atom. The monoisotopic (exact) mass is 399 g/mol. The van der Waals surface area contributed by atoms with Gasteiger partial charge in [-0.15, -0.1) is 0 Å². The molecule has 3 rings (SSSR count). The van der Waals surface area contributed by atoms with E-state index in [9.17, 15) is 23.1 Å². The molecule has 0 unspecified atom stereocenters. The first-order valence-corrected chi connectivity index (χ1v) is 9.91. The average molecular weight is 399 g/mol. The van der Waals surface area contributed by atoms with Gasteiger partial charge in [0.05, 0.1) is 24.2 Å². The Morgan fingerprint density at radius 1 is 1.32 bits per heavy atom. The summed E-state index contributed by atoms with van der Waals surface area (Å²) in [5, 5.41) is 9.30. The fourth-order valence-electron chi connectivity index (χ4n) is 4.28. The van der Waals surface area contributed by atoms with Crippen molar-refractivity contribution in [2.75, 3.05) is 19.7 Å². The molecule has 4 nitrogen and oxygen atoms in total. The number of carbonyl (C=O) groups excluding carboxylic acids is 1. The molecule has 1 aliphatic heterocycles. The summed E-state index contributed by atoms with van der Waals surface area (Å²) in [4.78, 5) is 14.1. The number of halogens is 3. The molecule has 0 bridgehead atoms. The minimum absolute atomic E-state index is 0.0218. The van der Waals surface area contributed by atoms with E-state index in [1.165, 1.54) is 6.07 Å². The van der Waals surface area contributed by atoms with Crippen molar-refractivity contribution >= 4 is 5.91 Å². The van der Waals surface area contributed by atoms with Crippen LogP contribution >= 0.6 is 0 Å². The van der Waals surface area contributed by atoms with Gasteiger partial charge >= 0.3 is 6.18 Å². The SMILES string of the molecule is CC[C@H](CO)C(=O)N1CC2(CCC(Oc3cc(C(F)(F)F)ccc3C)CC2)C1. The number of aliphatic hydroxyl groups excluding tert-OH is 1. The first kappa shape index (κ1) is 21.0. The van der Waals surface area contributed by atoms with Gasteiger partial charge in [-0.3, -0.25) is 4.79 Å². The van der Waals surface area contributed by atoms with Crippen molar-refractivity contribution in [3.8, 4) is 5.75 Å². The Bertz CT molecular complexity index is 699. The zero-order valence-corrected chi connectivity index (χ0v) is 16.4. The van der Waals surface area contributed by atoms with Gasteiger partial charge in [-0.2, -0.15) is 13.2 Å². The molecule has 1 amide bonds. The topological polar surface area (TPSA) is 49.8 Å². The number of aryl methyl sites for hydroxylation is 1. The fraction of sp³-hybridized carbons (Fsp3) is 0.667. The molecule has 0 radical (unpaired) electrons. The van der Waals surface area contributed by atoms with Crippen LogP contribution < -0.4 is 4.74 Å². The fourth-order valence-corrected chi connectivity index (χ4v) is 4.28. The summed E-state index contributed by atoms with van der Waals surface area (Å²) >= 11 is 0. The molecular formula is C21H28F3NO3. The molecule has 0 aromatic heterocycles. The van der Waals surface area contributed by atoms with Crippen LogP contribution in [0.2, 0.25) is 0 Å². The second-order valence-corrected chi connectivity index (χ2v) is 8.28. The van der Waals surface area contributed by atoms with E-state index >= 15 is 0 Å². The maximum Gasteiger partial charge on any atom is 0.416 e. The van der Waals surface area contributed by atoms with Crippen molar-refractivity contribution < 1.29 is 27.8 Å². The molecule has 1 aromatic rings. The van der Waals surface area contributed by atoms with Crippen LogP contribution in [-0.4, -0.2) is 41.7 Å². The summed E-state index contributed by atoms with van der Waals surface area (Å²) in [6.07, 6.45) is -0.506. The summed E-state index contributed by atoms with van der Waals surface area (Å²) in [7, 11) is 0. The molecule has 2 fully saturated rings. The third-order valence-corrected chi connectivity index (χ3v) is 6.23. The van der Waals surface area contributed by atoms with Crippen LogP contribution in [0.5, 0.6) is 5.75 Å². The number of amides is 1. The number of alkyl halides is 3. The van der Waals surface area contributed by atoms with Crippen molar-refractivity contribution in [1.82, 2.24) is 4.90 Å². The van der Waals surface area contributed by atoms with E-state index in [1.54, 1.807) is 6.92 Å². The Balaban J connectivity index is 1.54. The predicted molar refractivity (Wildman–Crippen MR) is 98.9 cm³/mol. The number of hydrogen-bond acceptors (Lipinski definition) is 3. The van der Waals surface area contributed by atoms with Crippen molar-refractivity contribution in [3.63, 3.8) is 0 Å². The van der Waals surface area contributed by atoms with E-state index in [-0.39, 0.29) is 30.0 Å². The quantitative estimate of drug-likeness (QED) is 0.808. The number of nitrogens with zero attached hydrogens (tertiary/aromatic N) is 1. The van der Waals surface area contributed by atoms with Crippen molar-refractivity contribution in [1.29, 1.82) is 0 Å². The number of aliphatic hydroxyl groups is 1. The molecule has 1 atom stereocenters. The highest BCUT2D eigenvalue weighted by atomic mass is 19.4. The zero-order valence-electron chi connectivity index (χ0n) is 16.4. The summed E-state index contributed by atoms with van der Waals surface area (Å²) in [5.74, 6) is 0.00409. The van der Waals surface area contributed by atoms with Gasteiger partial charge in [-0.05, 0) is 56.7 Å². The van der Waals surface area contributed by atoms with Crippen LogP contribution in [0.1, 0.15) is 50.2 Å². The Kier molecular flexibility index (Phi) is 5.94. The molecule has 28 heavy (non-hydrogen) atoms. The minimum Gasteiger partial charge on any atom is -0.490 e. The van der Waals surface area contributed by atoms with E-state index < -0.39 is 11.7 Å². The predicted octanol–water partition coefficient (Wildman–Crippen LogP) is 4.18. The first-order valence-electron chi connectivity index (χ1n) is 9.91.